The van der Waals surface area contributed by atoms with Crippen molar-refractivity contribution in [3.63, 3.8) is 0 Å². The molecule has 0 spiro atoms. The maximum Gasteiger partial charge on any atom is 0.197 e. The second kappa shape index (κ2) is 7.54. The van der Waals surface area contributed by atoms with E-state index in [1.54, 1.807) is 0 Å². The standard InChI is InChI=1S/C10H25O6P3/c1-17(2,11)14-8-7-10(16-19(5,6)13)9-15-18(3,4)12/h10H,7-9H2,1-6H3. The fraction of sp³-hybridized carbons (Fsp3) is 1.00. The van der Waals surface area contributed by atoms with Crippen molar-refractivity contribution in [2.24, 2.45) is 0 Å². The molecule has 0 heterocycles. The summed E-state index contributed by atoms with van der Waals surface area (Å²) in [4.78, 5) is 0. The summed E-state index contributed by atoms with van der Waals surface area (Å²) in [7, 11) is -7.84. The Labute approximate surface area is 115 Å². The van der Waals surface area contributed by atoms with Crippen LogP contribution < -0.4 is 0 Å². The van der Waals surface area contributed by atoms with Gasteiger partial charge in [0.25, 0.3) is 0 Å². The molecule has 0 N–H and O–H groups in total. The van der Waals surface area contributed by atoms with E-state index < -0.39 is 28.2 Å². The minimum absolute atomic E-state index is 0.0804. The molecule has 116 valence electrons. The van der Waals surface area contributed by atoms with E-state index in [1.807, 2.05) is 0 Å². The zero-order valence-corrected chi connectivity index (χ0v) is 15.2. The van der Waals surface area contributed by atoms with E-state index in [-0.39, 0.29) is 13.2 Å². The second-order valence-electron chi connectivity index (χ2n) is 5.40. The van der Waals surface area contributed by atoms with Crippen molar-refractivity contribution in [1.82, 2.24) is 0 Å². The molecule has 0 rings (SSSR count). The molecule has 19 heavy (non-hydrogen) atoms. The zero-order chi connectivity index (χ0) is 15.3. The Hall–Kier alpha value is 0.570. The Kier molecular flexibility index (Phi) is 7.77. The van der Waals surface area contributed by atoms with E-state index in [4.69, 9.17) is 13.6 Å². The Morgan fingerprint density at radius 3 is 1.63 bits per heavy atom. The highest BCUT2D eigenvalue weighted by Gasteiger charge is 2.21. The van der Waals surface area contributed by atoms with Crippen molar-refractivity contribution < 1.29 is 27.3 Å². The van der Waals surface area contributed by atoms with E-state index in [0.717, 1.165) is 0 Å². The average molecular weight is 334 g/mol. The van der Waals surface area contributed by atoms with Crippen molar-refractivity contribution in [3.8, 4) is 0 Å². The monoisotopic (exact) mass is 334 g/mol. The van der Waals surface area contributed by atoms with E-state index in [9.17, 15) is 13.7 Å². The summed E-state index contributed by atoms with van der Waals surface area (Å²) in [6.45, 7) is 9.36. The van der Waals surface area contributed by atoms with Crippen molar-refractivity contribution in [2.45, 2.75) is 12.5 Å². The lowest BCUT2D eigenvalue weighted by Gasteiger charge is -2.22. The van der Waals surface area contributed by atoms with Crippen LogP contribution >= 0.6 is 22.1 Å². The van der Waals surface area contributed by atoms with Gasteiger partial charge < -0.3 is 13.6 Å². The van der Waals surface area contributed by atoms with Crippen LogP contribution in [0.25, 0.3) is 0 Å². The normalized spacial score (nSPS) is 15.5. The lowest BCUT2D eigenvalue weighted by Crippen LogP contribution is -2.20. The molecule has 0 bridgehead atoms. The maximum absolute atomic E-state index is 11.7. The van der Waals surface area contributed by atoms with Crippen LogP contribution in [0.4, 0.5) is 0 Å². The van der Waals surface area contributed by atoms with Gasteiger partial charge >= 0.3 is 0 Å². The van der Waals surface area contributed by atoms with Gasteiger partial charge in [-0.3, -0.25) is 13.7 Å². The van der Waals surface area contributed by atoms with Gasteiger partial charge in [-0.15, -0.1) is 0 Å². The van der Waals surface area contributed by atoms with Crippen molar-refractivity contribution in [2.75, 3.05) is 53.2 Å². The summed E-state index contributed by atoms with van der Waals surface area (Å²) in [5.41, 5.74) is 0. The molecule has 0 radical (unpaired) electrons. The predicted molar refractivity (Wildman–Crippen MR) is 79.8 cm³/mol. The van der Waals surface area contributed by atoms with Crippen molar-refractivity contribution >= 4 is 22.1 Å². The third-order valence-corrected chi connectivity index (χ3v) is 4.20. The van der Waals surface area contributed by atoms with Crippen LogP contribution in [0.5, 0.6) is 0 Å². The van der Waals surface area contributed by atoms with E-state index in [1.165, 1.54) is 40.0 Å². The van der Waals surface area contributed by atoms with Gasteiger partial charge in [0.05, 0.1) is 19.3 Å². The third-order valence-electron chi connectivity index (χ3n) is 1.82. The molecule has 0 aliphatic rings. The molecule has 0 aromatic carbocycles. The summed E-state index contributed by atoms with van der Waals surface area (Å²) < 4.78 is 50.3. The molecule has 0 aliphatic carbocycles. The molecular weight excluding hydrogens is 309 g/mol. The van der Waals surface area contributed by atoms with Crippen LogP contribution in [0.15, 0.2) is 0 Å². The largest absolute Gasteiger partial charge is 0.329 e. The number of hydrogen-bond acceptors (Lipinski definition) is 6. The van der Waals surface area contributed by atoms with Crippen LogP contribution in [0.1, 0.15) is 6.42 Å². The molecule has 0 amide bonds. The SMILES string of the molecule is CP(C)(=O)OCCC(COP(C)(C)=O)OP(C)(C)=O. The second-order valence-corrected chi connectivity index (χ2v) is 13.6. The number of hydrogen-bond donors (Lipinski definition) is 0. The highest BCUT2D eigenvalue weighted by atomic mass is 31.2. The van der Waals surface area contributed by atoms with E-state index in [0.29, 0.717) is 6.42 Å². The Bertz CT molecular complexity index is 403. The quantitative estimate of drug-likeness (QED) is 0.601. The van der Waals surface area contributed by atoms with Crippen LogP contribution in [-0.4, -0.2) is 59.3 Å². The van der Waals surface area contributed by atoms with Crippen molar-refractivity contribution in [1.29, 1.82) is 0 Å². The van der Waals surface area contributed by atoms with Gasteiger partial charge in [-0.25, -0.2) is 0 Å². The third kappa shape index (κ3) is 14.8. The Morgan fingerprint density at radius 1 is 0.789 bits per heavy atom. The van der Waals surface area contributed by atoms with Crippen LogP contribution in [0, 0.1) is 0 Å². The molecule has 0 aliphatic heterocycles. The molecular formula is C10H25O6P3. The molecule has 9 heteroatoms. The summed E-state index contributed by atoms with van der Waals surface area (Å²) in [6.07, 6.45) is -0.0993. The Balaban J connectivity index is 4.38. The van der Waals surface area contributed by atoms with Crippen molar-refractivity contribution in [3.05, 3.63) is 0 Å². The lowest BCUT2D eigenvalue weighted by atomic mass is 10.3. The molecule has 1 unspecified atom stereocenters. The fourth-order valence-electron chi connectivity index (χ4n) is 1.19. The molecule has 0 aromatic rings. The summed E-state index contributed by atoms with van der Waals surface area (Å²) in [5, 5.41) is 0. The van der Waals surface area contributed by atoms with E-state index >= 15 is 0 Å². The van der Waals surface area contributed by atoms with Crippen LogP contribution in [0.2, 0.25) is 0 Å². The highest BCUT2D eigenvalue weighted by molar-refractivity contribution is 7.57. The van der Waals surface area contributed by atoms with Gasteiger partial charge in [-0.05, 0) is 0 Å². The lowest BCUT2D eigenvalue weighted by molar-refractivity contribution is 0.112. The molecule has 0 saturated heterocycles. The molecule has 0 fully saturated rings. The minimum atomic E-state index is -2.68. The molecule has 0 saturated carbocycles. The summed E-state index contributed by atoms with van der Waals surface area (Å²) >= 11 is 0. The molecule has 0 aromatic heterocycles. The highest BCUT2D eigenvalue weighted by Crippen LogP contribution is 2.43. The minimum Gasteiger partial charge on any atom is -0.329 e. The van der Waals surface area contributed by atoms with Gasteiger partial charge in [0.1, 0.15) is 0 Å². The zero-order valence-electron chi connectivity index (χ0n) is 12.5. The predicted octanol–water partition coefficient (Wildman–Crippen LogP) is 3.41. The van der Waals surface area contributed by atoms with Crippen LogP contribution in [-0.2, 0) is 27.3 Å². The van der Waals surface area contributed by atoms with Gasteiger partial charge in [0.2, 0.25) is 0 Å². The van der Waals surface area contributed by atoms with Crippen LogP contribution in [0.3, 0.4) is 0 Å². The first-order valence-electron chi connectivity index (χ1n) is 5.91. The molecule has 1 atom stereocenters. The summed E-state index contributed by atoms with van der Waals surface area (Å²) in [6, 6.07) is 0. The van der Waals surface area contributed by atoms with Gasteiger partial charge in [-0.2, -0.15) is 0 Å². The first-order valence-corrected chi connectivity index (χ1v) is 13.5. The smallest absolute Gasteiger partial charge is 0.197 e. The van der Waals surface area contributed by atoms with E-state index in [2.05, 4.69) is 0 Å². The fourth-order valence-corrected chi connectivity index (χ4v) is 3.15. The molecule has 6 nitrogen and oxygen atoms in total. The topological polar surface area (TPSA) is 78.9 Å². The van der Waals surface area contributed by atoms with Gasteiger partial charge in [0.15, 0.2) is 22.1 Å². The Morgan fingerprint density at radius 2 is 1.26 bits per heavy atom. The van der Waals surface area contributed by atoms with Gasteiger partial charge in [0, 0.05) is 46.4 Å². The summed E-state index contributed by atoms with van der Waals surface area (Å²) in [5.74, 6) is 0. The number of rotatable bonds is 9. The average Bonchev–Trinajstić information content (AvgIpc) is 2.08. The maximum atomic E-state index is 11.7. The van der Waals surface area contributed by atoms with Gasteiger partial charge in [-0.1, -0.05) is 0 Å². The first-order chi connectivity index (χ1) is 8.29. The first kappa shape index (κ1) is 19.6.